The lowest BCUT2D eigenvalue weighted by molar-refractivity contribution is -0.117. The summed E-state index contributed by atoms with van der Waals surface area (Å²) in [5.41, 5.74) is 4.03. The van der Waals surface area contributed by atoms with Gasteiger partial charge in [0.25, 0.3) is 0 Å². The molecule has 7 heteroatoms. The first-order chi connectivity index (χ1) is 14.5. The number of carbonyl (C=O) groups is 1. The van der Waals surface area contributed by atoms with Gasteiger partial charge in [0.2, 0.25) is 5.91 Å². The van der Waals surface area contributed by atoms with Crippen molar-refractivity contribution < 1.29 is 9.53 Å². The minimum absolute atomic E-state index is 0.0240. The summed E-state index contributed by atoms with van der Waals surface area (Å²) >= 11 is 5.57. The van der Waals surface area contributed by atoms with E-state index in [0.29, 0.717) is 18.3 Å². The van der Waals surface area contributed by atoms with E-state index in [4.69, 9.17) is 17.0 Å². The predicted molar refractivity (Wildman–Crippen MR) is 126 cm³/mol. The van der Waals surface area contributed by atoms with Crippen molar-refractivity contribution in [2.75, 3.05) is 50.0 Å². The number of nitrogens with one attached hydrogen (secondary N) is 2. The number of rotatable bonds is 6. The van der Waals surface area contributed by atoms with Crippen molar-refractivity contribution in [1.82, 2.24) is 9.80 Å². The molecule has 30 heavy (non-hydrogen) atoms. The van der Waals surface area contributed by atoms with Crippen LogP contribution in [0, 0.1) is 13.8 Å². The molecule has 1 heterocycles. The molecule has 0 aliphatic carbocycles. The van der Waals surface area contributed by atoms with E-state index < -0.39 is 0 Å². The first-order valence-electron chi connectivity index (χ1n) is 10.3. The van der Waals surface area contributed by atoms with Crippen molar-refractivity contribution in [2.45, 2.75) is 20.8 Å². The molecule has 6 nitrogen and oxygen atoms in total. The van der Waals surface area contributed by atoms with Gasteiger partial charge in [0, 0.05) is 37.6 Å². The van der Waals surface area contributed by atoms with Crippen LogP contribution in [0.25, 0.3) is 0 Å². The second-order valence-electron chi connectivity index (χ2n) is 7.47. The molecule has 0 atom stereocenters. The Morgan fingerprint density at radius 3 is 2.23 bits per heavy atom. The number of aryl methyl sites for hydroxylation is 2. The first kappa shape index (κ1) is 22.1. The molecule has 3 rings (SSSR count). The fourth-order valence-electron chi connectivity index (χ4n) is 3.51. The Morgan fingerprint density at radius 1 is 1.00 bits per heavy atom. The molecule has 0 bridgehead atoms. The fourth-order valence-corrected chi connectivity index (χ4v) is 3.81. The maximum Gasteiger partial charge on any atom is 0.238 e. The number of amides is 1. The lowest BCUT2D eigenvalue weighted by Gasteiger charge is -2.35. The number of benzene rings is 2. The van der Waals surface area contributed by atoms with E-state index in [1.165, 1.54) is 0 Å². The quantitative estimate of drug-likeness (QED) is 0.688. The maximum atomic E-state index is 12.5. The highest BCUT2D eigenvalue weighted by Gasteiger charge is 2.21. The standard InChI is InChI=1S/C23H30N4O2S/c1-4-29-20-10-8-19(9-11-20)24-23(30)27-14-12-26(13-15-27)16-21(28)25-22-17(2)6-5-7-18(22)3/h5-11H,4,12-16H2,1-3H3,(H,24,30)(H,25,28). The summed E-state index contributed by atoms with van der Waals surface area (Å²) in [5.74, 6) is 0.873. The van der Waals surface area contributed by atoms with Gasteiger partial charge in [-0.05, 0) is 68.4 Å². The van der Waals surface area contributed by atoms with E-state index in [0.717, 1.165) is 54.4 Å². The van der Waals surface area contributed by atoms with E-state index in [9.17, 15) is 4.79 Å². The fraction of sp³-hybridized carbons (Fsp3) is 0.391. The molecule has 0 unspecified atom stereocenters. The summed E-state index contributed by atoms with van der Waals surface area (Å²) in [6.45, 7) is 10.2. The molecule has 0 radical (unpaired) electrons. The molecule has 160 valence electrons. The molecule has 0 aromatic heterocycles. The highest BCUT2D eigenvalue weighted by molar-refractivity contribution is 7.80. The third-order valence-electron chi connectivity index (χ3n) is 5.19. The van der Waals surface area contributed by atoms with E-state index in [1.807, 2.05) is 63.2 Å². The van der Waals surface area contributed by atoms with Crippen molar-refractivity contribution >= 4 is 34.6 Å². The second-order valence-corrected chi connectivity index (χ2v) is 7.85. The summed E-state index contributed by atoms with van der Waals surface area (Å²) in [6.07, 6.45) is 0. The van der Waals surface area contributed by atoms with Gasteiger partial charge in [-0.15, -0.1) is 0 Å². The monoisotopic (exact) mass is 426 g/mol. The molecule has 0 saturated carbocycles. The third kappa shape index (κ3) is 5.93. The molecular weight excluding hydrogens is 396 g/mol. The third-order valence-corrected chi connectivity index (χ3v) is 5.55. The number of nitrogens with zero attached hydrogens (tertiary/aromatic N) is 2. The molecule has 2 aromatic rings. The zero-order chi connectivity index (χ0) is 21.5. The number of thiocarbonyl (C=S) groups is 1. The van der Waals surface area contributed by atoms with Crippen LogP contribution in [-0.2, 0) is 4.79 Å². The lowest BCUT2D eigenvalue weighted by Crippen LogP contribution is -2.51. The Bertz CT molecular complexity index is 857. The van der Waals surface area contributed by atoms with E-state index >= 15 is 0 Å². The molecule has 1 amide bonds. The van der Waals surface area contributed by atoms with Crippen LogP contribution in [0.5, 0.6) is 5.75 Å². The van der Waals surface area contributed by atoms with Crippen LogP contribution in [0.4, 0.5) is 11.4 Å². The molecule has 2 N–H and O–H groups in total. The topological polar surface area (TPSA) is 56.8 Å². The van der Waals surface area contributed by atoms with Gasteiger partial charge in [-0.1, -0.05) is 18.2 Å². The summed E-state index contributed by atoms with van der Waals surface area (Å²) in [6, 6.07) is 13.8. The summed E-state index contributed by atoms with van der Waals surface area (Å²) < 4.78 is 5.47. The van der Waals surface area contributed by atoms with Gasteiger partial charge in [-0.3, -0.25) is 9.69 Å². The van der Waals surface area contributed by atoms with Crippen LogP contribution in [0.2, 0.25) is 0 Å². The van der Waals surface area contributed by atoms with Gasteiger partial charge < -0.3 is 20.3 Å². The smallest absolute Gasteiger partial charge is 0.238 e. The summed E-state index contributed by atoms with van der Waals surface area (Å²) in [5, 5.41) is 7.06. The minimum atomic E-state index is 0.0240. The van der Waals surface area contributed by atoms with Gasteiger partial charge in [0.05, 0.1) is 13.2 Å². The Hall–Kier alpha value is -2.64. The van der Waals surface area contributed by atoms with Crippen LogP contribution in [0.3, 0.4) is 0 Å². The summed E-state index contributed by atoms with van der Waals surface area (Å²) in [4.78, 5) is 16.8. The molecular formula is C23H30N4O2S. The molecule has 1 saturated heterocycles. The van der Waals surface area contributed by atoms with Crippen molar-refractivity contribution in [3.8, 4) is 5.75 Å². The maximum absolute atomic E-state index is 12.5. The SMILES string of the molecule is CCOc1ccc(NC(=S)N2CCN(CC(=O)Nc3c(C)cccc3C)CC2)cc1. The van der Waals surface area contributed by atoms with E-state index in [-0.39, 0.29) is 5.91 Å². The number of hydrogen-bond donors (Lipinski definition) is 2. The number of anilines is 2. The van der Waals surface area contributed by atoms with E-state index in [2.05, 4.69) is 20.4 Å². The van der Waals surface area contributed by atoms with Gasteiger partial charge in [-0.25, -0.2) is 0 Å². The Balaban J connectivity index is 1.45. The number of carbonyl (C=O) groups excluding carboxylic acids is 1. The number of hydrogen-bond acceptors (Lipinski definition) is 4. The molecule has 1 aliphatic heterocycles. The Morgan fingerprint density at radius 2 is 1.63 bits per heavy atom. The zero-order valence-electron chi connectivity index (χ0n) is 17.9. The van der Waals surface area contributed by atoms with E-state index in [1.54, 1.807) is 0 Å². The first-order valence-corrected chi connectivity index (χ1v) is 10.7. The highest BCUT2D eigenvalue weighted by Crippen LogP contribution is 2.19. The summed E-state index contributed by atoms with van der Waals surface area (Å²) in [7, 11) is 0. The van der Waals surface area contributed by atoms with Crippen LogP contribution >= 0.6 is 12.2 Å². The van der Waals surface area contributed by atoms with Gasteiger partial charge in [0.15, 0.2) is 5.11 Å². The average Bonchev–Trinajstić information content (AvgIpc) is 2.73. The average molecular weight is 427 g/mol. The van der Waals surface area contributed by atoms with Crippen LogP contribution in [0.15, 0.2) is 42.5 Å². The molecule has 1 fully saturated rings. The Kier molecular flexibility index (Phi) is 7.65. The van der Waals surface area contributed by atoms with Crippen LogP contribution in [0.1, 0.15) is 18.1 Å². The zero-order valence-corrected chi connectivity index (χ0v) is 18.7. The molecule has 1 aliphatic rings. The Labute approximate surface area is 184 Å². The number of ether oxygens (including phenoxy) is 1. The molecule has 2 aromatic carbocycles. The van der Waals surface area contributed by atoms with Crippen molar-refractivity contribution in [1.29, 1.82) is 0 Å². The van der Waals surface area contributed by atoms with Crippen LogP contribution in [-0.4, -0.2) is 60.2 Å². The number of piperazine rings is 1. The van der Waals surface area contributed by atoms with Crippen LogP contribution < -0.4 is 15.4 Å². The predicted octanol–water partition coefficient (Wildman–Crippen LogP) is 3.66. The van der Waals surface area contributed by atoms with Crippen molar-refractivity contribution in [3.05, 3.63) is 53.6 Å². The molecule has 0 spiro atoms. The second kappa shape index (κ2) is 10.4. The van der Waals surface area contributed by atoms with Crippen molar-refractivity contribution in [2.24, 2.45) is 0 Å². The largest absolute Gasteiger partial charge is 0.494 e. The van der Waals surface area contributed by atoms with Gasteiger partial charge in [0.1, 0.15) is 5.75 Å². The van der Waals surface area contributed by atoms with Gasteiger partial charge in [-0.2, -0.15) is 0 Å². The van der Waals surface area contributed by atoms with Crippen molar-refractivity contribution in [3.63, 3.8) is 0 Å². The normalized spacial score (nSPS) is 14.3. The minimum Gasteiger partial charge on any atom is -0.494 e. The number of para-hydroxylation sites is 1. The lowest BCUT2D eigenvalue weighted by atomic mass is 10.1. The highest BCUT2D eigenvalue weighted by atomic mass is 32.1. The van der Waals surface area contributed by atoms with Gasteiger partial charge >= 0.3 is 0 Å².